The van der Waals surface area contributed by atoms with Gasteiger partial charge < -0.3 is 9.80 Å². The molecular formula is C19H20BrN3O3. The van der Waals surface area contributed by atoms with Gasteiger partial charge in [-0.2, -0.15) is 0 Å². The average Bonchev–Trinajstić information content (AvgIpc) is 3.17. The zero-order valence-corrected chi connectivity index (χ0v) is 16.1. The molecule has 1 aliphatic rings. The summed E-state index contributed by atoms with van der Waals surface area (Å²) < 4.78 is 0.926. The standard InChI is InChI=1S/C19H20BrN3O3/c1-21(13-15-6-2-3-7-16(15)20)19(24)14-8-9-17(18(12-14)23(25)26)22-10-4-5-11-22/h2-3,6-9,12H,4-5,10-11,13H2,1H3. The molecule has 7 heteroatoms. The highest BCUT2D eigenvalue weighted by Gasteiger charge is 2.24. The number of hydrogen-bond acceptors (Lipinski definition) is 4. The normalized spacial score (nSPS) is 13.7. The Labute approximate surface area is 160 Å². The number of carbonyl (C=O) groups is 1. The topological polar surface area (TPSA) is 66.7 Å². The van der Waals surface area contributed by atoms with Gasteiger partial charge in [0.25, 0.3) is 11.6 Å². The molecule has 1 saturated heterocycles. The van der Waals surface area contributed by atoms with Crippen molar-refractivity contribution in [2.45, 2.75) is 19.4 Å². The Hall–Kier alpha value is -2.41. The van der Waals surface area contributed by atoms with Crippen LogP contribution in [0.2, 0.25) is 0 Å². The van der Waals surface area contributed by atoms with Gasteiger partial charge in [-0.15, -0.1) is 0 Å². The third-order valence-corrected chi connectivity index (χ3v) is 5.35. The second-order valence-electron chi connectivity index (χ2n) is 6.41. The van der Waals surface area contributed by atoms with E-state index in [9.17, 15) is 14.9 Å². The van der Waals surface area contributed by atoms with E-state index in [1.165, 1.54) is 6.07 Å². The molecule has 0 radical (unpaired) electrons. The highest BCUT2D eigenvalue weighted by molar-refractivity contribution is 9.10. The molecule has 26 heavy (non-hydrogen) atoms. The molecule has 2 aromatic carbocycles. The largest absolute Gasteiger partial charge is 0.366 e. The van der Waals surface area contributed by atoms with Crippen molar-refractivity contribution in [3.8, 4) is 0 Å². The van der Waals surface area contributed by atoms with Crippen LogP contribution in [0.3, 0.4) is 0 Å². The fraction of sp³-hybridized carbons (Fsp3) is 0.316. The monoisotopic (exact) mass is 417 g/mol. The maximum Gasteiger partial charge on any atom is 0.293 e. The Morgan fingerprint density at radius 1 is 1.23 bits per heavy atom. The molecule has 1 heterocycles. The summed E-state index contributed by atoms with van der Waals surface area (Å²) >= 11 is 3.48. The van der Waals surface area contributed by atoms with Crippen LogP contribution in [0.4, 0.5) is 11.4 Å². The van der Waals surface area contributed by atoms with Crippen LogP contribution >= 0.6 is 15.9 Å². The molecule has 3 rings (SSSR count). The van der Waals surface area contributed by atoms with E-state index in [2.05, 4.69) is 15.9 Å². The first-order valence-electron chi connectivity index (χ1n) is 8.49. The Bertz CT molecular complexity index is 835. The van der Waals surface area contributed by atoms with Crippen LogP contribution in [0, 0.1) is 10.1 Å². The molecule has 0 aromatic heterocycles. The fourth-order valence-corrected chi connectivity index (χ4v) is 3.61. The molecule has 0 spiro atoms. The predicted octanol–water partition coefficient (Wildman–Crippen LogP) is 4.23. The smallest absolute Gasteiger partial charge is 0.293 e. The van der Waals surface area contributed by atoms with E-state index in [1.54, 1.807) is 24.1 Å². The van der Waals surface area contributed by atoms with E-state index in [-0.39, 0.29) is 11.6 Å². The molecule has 1 fully saturated rings. The number of nitro groups is 1. The van der Waals surface area contributed by atoms with Gasteiger partial charge in [0, 0.05) is 42.8 Å². The molecule has 2 aromatic rings. The van der Waals surface area contributed by atoms with Gasteiger partial charge in [-0.25, -0.2) is 0 Å². The Morgan fingerprint density at radius 3 is 2.58 bits per heavy atom. The number of halogens is 1. The minimum absolute atomic E-state index is 0.00737. The molecule has 0 saturated carbocycles. The van der Waals surface area contributed by atoms with E-state index in [1.807, 2.05) is 29.2 Å². The number of hydrogen-bond donors (Lipinski definition) is 0. The summed E-state index contributed by atoms with van der Waals surface area (Å²) in [5, 5.41) is 11.5. The maximum absolute atomic E-state index is 12.7. The average molecular weight is 418 g/mol. The minimum Gasteiger partial charge on any atom is -0.366 e. The lowest BCUT2D eigenvalue weighted by Crippen LogP contribution is -2.26. The molecule has 0 unspecified atom stereocenters. The lowest BCUT2D eigenvalue weighted by atomic mass is 10.1. The van der Waals surface area contributed by atoms with Gasteiger partial charge in [0.1, 0.15) is 5.69 Å². The van der Waals surface area contributed by atoms with Gasteiger partial charge in [0.15, 0.2) is 0 Å². The summed E-state index contributed by atoms with van der Waals surface area (Å²) in [4.78, 5) is 27.4. The zero-order valence-electron chi connectivity index (χ0n) is 14.5. The molecule has 0 aliphatic carbocycles. The van der Waals surface area contributed by atoms with Crippen molar-refractivity contribution in [2.24, 2.45) is 0 Å². The number of nitro benzene ring substituents is 1. The van der Waals surface area contributed by atoms with Gasteiger partial charge in [0.05, 0.1) is 4.92 Å². The van der Waals surface area contributed by atoms with Gasteiger partial charge in [-0.1, -0.05) is 34.1 Å². The van der Waals surface area contributed by atoms with Crippen LogP contribution in [0.25, 0.3) is 0 Å². The number of nitrogens with zero attached hydrogens (tertiary/aromatic N) is 3. The van der Waals surface area contributed by atoms with E-state index >= 15 is 0 Å². The van der Waals surface area contributed by atoms with E-state index in [0.29, 0.717) is 17.8 Å². The molecular weight excluding hydrogens is 398 g/mol. The first-order valence-corrected chi connectivity index (χ1v) is 9.29. The van der Waals surface area contributed by atoms with E-state index < -0.39 is 4.92 Å². The SMILES string of the molecule is CN(Cc1ccccc1Br)C(=O)c1ccc(N2CCCC2)c([N+](=O)[O-])c1. The van der Waals surface area contributed by atoms with Crippen molar-refractivity contribution >= 4 is 33.2 Å². The van der Waals surface area contributed by atoms with Crippen LogP contribution in [-0.2, 0) is 6.54 Å². The summed E-state index contributed by atoms with van der Waals surface area (Å²) in [5.74, 6) is -0.239. The highest BCUT2D eigenvalue weighted by Crippen LogP contribution is 2.32. The molecule has 1 amide bonds. The second-order valence-corrected chi connectivity index (χ2v) is 7.26. The molecule has 136 valence electrons. The molecule has 0 N–H and O–H groups in total. The number of benzene rings is 2. The van der Waals surface area contributed by atoms with Crippen LogP contribution < -0.4 is 4.90 Å². The summed E-state index contributed by atoms with van der Waals surface area (Å²) in [5.41, 5.74) is 1.89. The first-order chi connectivity index (χ1) is 12.5. The zero-order chi connectivity index (χ0) is 18.7. The Balaban J connectivity index is 1.83. The lowest BCUT2D eigenvalue weighted by Gasteiger charge is -2.20. The first kappa shape index (κ1) is 18.4. The number of amides is 1. The van der Waals surface area contributed by atoms with E-state index in [4.69, 9.17) is 0 Å². The van der Waals surface area contributed by atoms with E-state index in [0.717, 1.165) is 36.0 Å². The summed E-state index contributed by atoms with van der Waals surface area (Å²) in [6, 6.07) is 12.5. The van der Waals surface area contributed by atoms with Crippen LogP contribution in [0.1, 0.15) is 28.8 Å². The molecule has 0 bridgehead atoms. The van der Waals surface area contributed by atoms with Crippen LogP contribution in [-0.4, -0.2) is 35.9 Å². The molecule has 1 aliphatic heterocycles. The second kappa shape index (κ2) is 7.86. The van der Waals surface area contributed by atoms with Crippen molar-refractivity contribution in [3.05, 3.63) is 68.2 Å². The van der Waals surface area contributed by atoms with Crippen LogP contribution in [0.15, 0.2) is 46.9 Å². The van der Waals surface area contributed by atoms with Gasteiger partial charge in [0.2, 0.25) is 0 Å². The van der Waals surface area contributed by atoms with Gasteiger partial charge >= 0.3 is 0 Å². The third kappa shape index (κ3) is 3.88. The van der Waals surface area contributed by atoms with Gasteiger partial charge in [-0.05, 0) is 36.6 Å². The molecule has 0 atom stereocenters. The minimum atomic E-state index is -0.405. The summed E-state index contributed by atoms with van der Waals surface area (Å²) in [6.07, 6.45) is 2.07. The van der Waals surface area contributed by atoms with Crippen molar-refractivity contribution in [1.82, 2.24) is 4.90 Å². The van der Waals surface area contributed by atoms with Crippen molar-refractivity contribution < 1.29 is 9.72 Å². The number of carbonyl (C=O) groups excluding carboxylic acids is 1. The highest BCUT2D eigenvalue weighted by atomic mass is 79.9. The van der Waals surface area contributed by atoms with Gasteiger partial charge in [-0.3, -0.25) is 14.9 Å². The number of anilines is 1. The third-order valence-electron chi connectivity index (χ3n) is 4.58. The maximum atomic E-state index is 12.7. The summed E-state index contributed by atoms with van der Waals surface area (Å²) in [7, 11) is 1.70. The lowest BCUT2D eigenvalue weighted by molar-refractivity contribution is -0.384. The number of rotatable bonds is 5. The van der Waals surface area contributed by atoms with Crippen molar-refractivity contribution in [3.63, 3.8) is 0 Å². The summed E-state index contributed by atoms with van der Waals surface area (Å²) in [6.45, 7) is 2.05. The Kier molecular flexibility index (Phi) is 5.56. The Morgan fingerprint density at radius 2 is 1.92 bits per heavy atom. The van der Waals surface area contributed by atoms with Crippen molar-refractivity contribution in [1.29, 1.82) is 0 Å². The van der Waals surface area contributed by atoms with Crippen molar-refractivity contribution in [2.75, 3.05) is 25.0 Å². The predicted molar refractivity (Wildman–Crippen MR) is 104 cm³/mol. The fourth-order valence-electron chi connectivity index (χ4n) is 3.20. The van der Waals surface area contributed by atoms with Crippen LogP contribution in [0.5, 0.6) is 0 Å². The molecule has 6 nitrogen and oxygen atoms in total. The quantitative estimate of drug-likeness (QED) is 0.539.